The predicted octanol–water partition coefficient (Wildman–Crippen LogP) is 3.59. The number of nitrogens with one attached hydrogen (secondary N) is 2. The Morgan fingerprint density at radius 2 is 2.05 bits per heavy atom. The lowest BCUT2D eigenvalue weighted by molar-refractivity contribution is 0.102. The first-order chi connectivity index (χ1) is 9.49. The lowest BCUT2D eigenvalue weighted by Crippen LogP contribution is -2.15. The monoisotopic (exact) mass is 337 g/mol. The SMILES string of the molecule is CNc1ncc(Br)cc1C(=O)Nc1cc(C)cc(F)c1. The van der Waals surface area contributed by atoms with Gasteiger partial charge in [0.1, 0.15) is 11.6 Å². The molecule has 1 heterocycles. The Labute approximate surface area is 124 Å². The number of pyridine rings is 1. The Morgan fingerprint density at radius 3 is 2.70 bits per heavy atom. The van der Waals surface area contributed by atoms with E-state index in [1.165, 1.54) is 12.1 Å². The molecule has 0 aliphatic carbocycles. The summed E-state index contributed by atoms with van der Waals surface area (Å²) in [7, 11) is 1.68. The maximum Gasteiger partial charge on any atom is 0.259 e. The molecule has 0 aliphatic heterocycles. The minimum Gasteiger partial charge on any atom is -0.372 e. The highest BCUT2D eigenvalue weighted by atomic mass is 79.9. The van der Waals surface area contributed by atoms with Crippen LogP contribution >= 0.6 is 15.9 Å². The smallest absolute Gasteiger partial charge is 0.259 e. The Morgan fingerprint density at radius 1 is 1.30 bits per heavy atom. The van der Waals surface area contributed by atoms with Crippen LogP contribution in [0.2, 0.25) is 0 Å². The van der Waals surface area contributed by atoms with Crippen molar-refractivity contribution in [3.63, 3.8) is 0 Å². The summed E-state index contributed by atoms with van der Waals surface area (Å²) in [5, 5.41) is 5.51. The number of nitrogens with zero attached hydrogens (tertiary/aromatic N) is 1. The first kappa shape index (κ1) is 14.5. The second-order valence-electron chi connectivity index (χ2n) is 4.27. The Hall–Kier alpha value is -1.95. The summed E-state index contributed by atoms with van der Waals surface area (Å²) in [6, 6.07) is 6.02. The molecule has 2 rings (SSSR count). The summed E-state index contributed by atoms with van der Waals surface area (Å²) in [6.07, 6.45) is 1.59. The molecule has 0 saturated carbocycles. The van der Waals surface area contributed by atoms with E-state index in [0.717, 1.165) is 5.56 Å². The van der Waals surface area contributed by atoms with Gasteiger partial charge in [-0.15, -0.1) is 0 Å². The molecule has 1 aromatic heterocycles. The second kappa shape index (κ2) is 6.00. The number of amides is 1. The van der Waals surface area contributed by atoms with Crippen LogP contribution in [0.1, 0.15) is 15.9 Å². The molecule has 0 unspecified atom stereocenters. The fraction of sp³-hybridized carbons (Fsp3) is 0.143. The molecule has 2 aromatic rings. The van der Waals surface area contributed by atoms with Gasteiger partial charge in [-0.1, -0.05) is 0 Å². The summed E-state index contributed by atoms with van der Waals surface area (Å²) >= 11 is 3.27. The van der Waals surface area contributed by atoms with Gasteiger partial charge in [-0.05, 0) is 52.7 Å². The van der Waals surface area contributed by atoms with Crippen LogP contribution < -0.4 is 10.6 Å². The zero-order chi connectivity index (χ0) is 14.7. The van der Waals surface area contributed by atoms with Gasteiger partial charge < -0.3 is 10.6 Å². The molecule has 0 spiro atoms. The molecule has 6 heteroatoms. The molecule has 1 aromatic carbocycles. The van der Waals surface area contributed by atoms with E-state index >= 15 is 0 Å². The van der Waals surface area contributed by atoms with Gasteiger partial charge >= 0.3 is 0 Å². The van der Waals surface area contributed by atoms with Crippen LogP contribution in [-0.2, 0) is 0 Å². The lowest BCUT2D eigenvalue weighted by atomic mass is 10.2. The third-order valence-corrected chi connectivity index (χ3v) is 3.07. The Kier molecular flexibility index (Phi) is 4.34. The highest BCUT2D eigenvalue weighted by molar-refractivity contribution is 9.10. The van der Waals surface area contributed by atoms with Crippen molar-refractivity contribution in [2.75, 3.05) is 17.7 Å². The molecule has 0 aliphatic rings. The Bertz CT molecular complexity index is 641. The standard InChI is InChI=1S/C14H13BrFN3O/c1-8-3-10(16)6-11(4-8)19-14(20)12-5-9(15)7-18-13(12)17-2/h3-7H,1-2H3,(H,17,18)(H,19,20). The first-order valence-corrected chi connectivity index (χ1v) is 6.70. The number of benzene rings is 1. The third kappa shape index (κ3) is 3.33. The van der Waals surface area contributed by atoms with Gasteiger partial charge in [0.15, 0.2) is 0 Å². The number of hydrogen-bond acceptors (Lipinski definition) is 3. The van der Waals surface area contributed by atoms with Gasteiger partial charge in [0.2, 0.25) is 0 Å². The van der Waals surface area contributed by atoms with E-state index in [0.29, 0.717) is 21.5 Å². The lowest BCUT2D eigenvalue weighted by Gasteiger charge is -2.10. The molecule has 0 bridgehead atoms. The van der Waals surface area contributed by atoms with Crippen molar-refractivity contribution in [3.05, 3.63) is 51.9 Å². The third-order valence-electron chi connectivity index (χ3n) is 2.64. The average molecular weight is 338 g/mol. The van der Waals surface area contributed by atoms with Crippen molar-refractivity contribution >= 4 is 33.3 Å². The van der Waals surface area contributed by atoms with Crippen LogP contribution in [0, 0.1) is 12.7 Å². The number of hydrogen-bond donors (Lipinski definition) is 2. The molecule has 0 fully saturated rings. The number of rotatable bonds is 3. The summed E-state index contributed by atoms with van der Waals surface area (Å²) in [5.41, 5.74) is 1.53. The van der Waals surface area contributed by atoms with E-state index in [-0.39, 0.29) is 11.7 Å². The van der Waals surface area contributed by atoms with E-state index in [2.05, 4.69) is 31.5 Å². The van der Waals surface area contributed by atoms with Crippen molar-refractivity contribution in [2.24, 2.45) is 0 Å². The van der Waals surface area contributed by atoms with Gasteiger partial charge in [-0.25, -0.2) is 9.37 Å². The van der Waals surface area contributed by atoms with Crippen LogP contribution in [0.5, 0.6) is 0 Å². The zero-order valence-corrected chi connectivity index (χ0v) is 12.6. The van der Waals surface area contributed by atoms with Crippen molar-refractivity contribution in [1.29, 1.82) is 0 Å². The van der Waals surface area contributed by atoms with Gasteiger partial charge in [0, 0.05) is 23.4 Å². The maximum absolute atomic E-state index is 13.3. The maximum atomic E-state index is 13.3. The van der Waals surface area contributed by atoms with E-state index in [4.69, 9.17) is 0 Å². The zero-order valence-electron chi connectivity index (χ0n) is 11.0. The minimum absolute atomic E-state index is 0.354. The van der Waals surface area contributed by atoms with Crippen molar-refractivity contribution in [1.82, 2.24) is 4.98 Å². The van der Waals surface area contributed by atoms with E-state index in [9.17, 15) is 9.18 Å². The minimum atomic E-state index is -0.387. The van der Waals surface area contributed by atoms with E-state index < -0.39 is 0 Å². The molecule has 20 heavy (non-hydrogen) atoms. The molecule has 0 radical (unpaired) electrons. The van der Waals surface area contributed by atoms with Gasteiger partial charge in [0.25, 0.3) is 5.91 Å². The van der Waals surface area contributed by atoms with Crippen LogP contribution in [0.25, 0.3) is 0 Å². The normalized spacial score (nSPS) is 10.2. The molecule has 0 atom stereocenters. The topological polar surface area (TPSA) is 54.0 Å². The molecular weight excluding hydrogens is 325 g/mol. The predicted molar refractivity (Wildman–Crippen MR) is 80.6 cm³/mol. The number of anilines is 2. The Balaban J connectivity index is 2.30. The quantitative estimate of drug-likeness (QED) is 0.899. The molecule has 1 amide bonds. The van der Waals surface area contributed by atoms with Crippen LogP contribution in [0.3, 0.4) is 0 Å². The molecule has 0 saturated heterocycles. The van der Waals surface area contributed by atoms with Crippen molar-refractivity contribution in [2.45, 2.75) is 6.92 Å². The fourth-order valence-corrected chi connectivity index (χ4v) is 2.15. The molecular formula is C14H13BrFN3O. The number of aryl methyl sites for hydroxylation is 1. The average Bonchev–Trinajstić information content (AvgIpc) is 2.37. The van der Waals surface area contributed by atoms with Gasteiger partial charge in [-0.2, -0.15) is 0 Å². The summed E-state index contributed by atoms with van der Waals surface area (Å²) in [5.74, 6) is -0.284. The van der Waals surface area contributed by atoms with Gasteiger partial charge in [0.05, 0.1) is 5.56 Å². The van der Waals surface area contributed by atoms with Crippen molar-refractivity contribution in [3.8, 4) is 0 Å². The molecule has 4 nitrogen and oxygen atoms in total. The highest BCUT2D eigenvalue weighted by Gasteiger charge is 2.13. The van der Waals surface area contributed by atoms with Crippen LogP contribution in [0.15, 0.2) is 34.9 Å². The summed E-state index contributed by atoms with van der Waals surface area (Å²) in [6.45, 7) is 1.76. The summed E-state index contributed by atoms with van der Waals surface area (Å²) < 4.78 is 14.0. The fourth-order valence-electron chi connectivity index (χ4n) is 1.82. The number of halogens is 2. The van der Waals surface area contributed by atoms with Crippen molar-refractivity contribution < 1.29 is 9.18 Å². The largest absolute Gasteiger partial charge is 0.372 e. The van der Waals surface area contributed by atoms with Crippen LogP contribution in [0.4, 0.5) is 15.9 Å². The highest BCUT2D eigenvalue weighted by Crippen LogP contribution is 2.20. The first-order valence-electron chi connectivity index (χ1n) is 5.91. The van der Waals surface area contributed by atoms with E-state index in [1.807, 2.05) is 0 Å². The van der Waals surface area contributed by atoms with Gasteiger partial charge in [-0.3, -0.25) is 4.79 Å². The number of carbonyl (C=O) groups is 1. The molecule has 104 valence electrons. The number of aromatic nitrogens is 1. The summed E-state index contributed by atoms with van der Waals surface area (Å²) in [4.78, 5) is 16.3. The van der Waals surface area contributed by atoms with E-state index in [1.54, 1.807) is 32.3 Å². The molecule has 2 N–H and O–H groups in total. The second-order valence-corrected chi connectivity index (χ2v) is 5.19. The van der Waals surface area contributed by atoms with Crippen LogP contribution in [-0.4, -0.2) is 17.9 Å². The number of carbonyl (C=O) groups excluding carboxylic acids is 1.